The average Bonchev–Trinajstić information content (AvgIpc) is 2.67. The second-order valence-electron chi connectivity index (χ2n) is 6.61. The Morgan fingerprint density at radius 3 is 2.33 bits per heavy atom. The first-order valence-electron chi connectivity index (χ1n) is 8.86. The van der Waals surface area contributed by atoms with E-state index in [-0.39, 0.29) is 36.2 Å². The molecule has 1 saturated heterocycles. The summed E-state index contributed by atoms with van der Waals surface area (Å²) < 4.78 is 31.9. The highest BCUT2D eigenvalue weighted by Crippen LogP contribution is 2.26. The van der Waals surface area contributed by atoms with E-state index in [0.717, 1.165) is 0 Å². The van der Waals surface area contributed by atoms with E-state index in [1.807, 2.05) is 0 Å². The molecule has 0 bridgehead atoms. The maximum Gasteiger partial charge on any atom is 0.303 e. The highest BCUT2D eigenvalue weighted by molar-refractivity contribution is 7.89. The minimum Gasteiger partial charge on any atom is -0.497 e. The van der Waals surface area contributed by atoms with Gasteiger partial charge in [0.15, 0.2) is 0 Å². The summed E-state index contributed by atoms with van der Waals surface area (Å²) in [5.41, 5.74) is 0. The molecule has 27 heavy (non-hydrogen) atoms. The van der Waals surface area contributed by atoms with Crippen LogP contribution in [-0.2, 0) is 19.6 Å². The van der Waals surface area contributed by atoms with Gasteiger partial charge in [-0.3, -0.25) is 9.59 Å². The zero-order valence-corrected chi connectivity index (χ0v) is 16.4. The molecule has 0 saturated carbocycles. The number of carbonyl (C=O) groups is 2. The highest BCUT2D eigenvalue weighted by Gasteiger charge is 2.33. The summed E-state index contributed by atoms with van der Waals surface area (Å²) in [6.45, 7) is 0.955. The monoisotopic (exact) mass is 398 g/mol. The number of rotatable bonds is 8. The Bertz CT molecular complexity index is 755. The Labute approximate surface area is 159 Å². The van der Waals surface area contributed by atoms with Gasteiger partial charge in [-0.2, -0.15) is 4.31 Å². The van der Waals surface area contributed by atoms with Crippen LogP contribution in [0.4, 0.5) is 0 Å². The summed E-state index contributed by atoms with van der Waals surface area (Å²) in [5, 5.41) is 8.67. The number of sulfonamides is 1. The fraction of sp³-hybridized carbons (Fsp3) is 0.556. The molecule has 1 amide bonds. The number of carbonyl (C=O) groups excluding carboxylic acids is 1. The highest BCUT2D eigenvalue weighted by atomic mass is 32.2. The molecule has 150 valence electrons. The van der Waals surface area contributed by atoms with Crippen molar-refractivity contribution >= 4 is 21.9 Å². The van der Waals surface area contributed by atoms with Gasteiger partial charge in [0.2, 0.25) is 15.9 Å². The fourth-order valence-corrected chi connectivity index (χ4v) is 4.60. The van der Waals surface area contributed by atoms with Crippen LogP contribution in [0.1, 0.15) is 25.7 Å². The van der Waals surface area contributed by atoms with E-state index in [2.05, 4.69) is 0 Å². The van der Waals surface area contributed by atoms with Gasteiger partial charge in [-0.25, -0.2) is 8.42 Å². The Morgan fingerprint density at radius 2 is 1.81 bits per heavy atom. The Balaban J connectivity index is 1.91. The molecule has 2 rings (SSSR count). The van der Waals surface area contributed by atoms with Gasteiger partial charge in [0, 0.05) is 39.0 Å². The largest absolute Gasteiger partial charge is 0.497 e. The number of nitrogens with zero attached hydrogens (tertiary/aromatic N) is 2. The quantitative estimate of drug-likeness (QED) is 0.710. The molecule has 1 aromatic rings. The molecule has 1 heterocycles. The van der Waals surface area contributed by atoms with E-state index in [9.17, 15) is 18.0 Å². The van der Waals surface area contributed by atoms with Crippen LogP contribution in [0.2, 0.25) is 0 Å². The summed E-state index contributed by atoms with van der Waals surface area (Å²) in [5.74, 6) is -0.582. The second-order valence-corrected chi connectivity index (χ2v) is 8.55. The molecule has 0 atom stereocenters. The van der Waals surface area contributed by atoms with Crippen molar-refractivity contribution in [3.05, 3.63) is 24.3 Å². The number of hydrogen-bond donors (Lipinski definition) is 1. The average molecular weight is 398 g/mol. The molecule has 1 aliphatic rings. The lowest BCUT2D eigenvalue weighted by Gasteiger charge is -2.32. The van der Waals surface area contributed by atoms with E-state index >= 15 is 0 Å². The van der Waals surface area contributed by atoms with Gasteiger partial charge in [0.25, 0.3) is 0 Å². The first-order valence-corrected chi connectivity index (χ1v) is 10.3. The summed E-state index contributed by atoms with van der Waals surface area (Å²) in [6.07, 6.45) is 1.34. The third-order valence-corrected chi connectivity index (χ3v) is 6.67. The van der Waals surface area contributed by atoms with Crippen LogP contribution >= 0.6 is 0 Å². The van der Waals surface area contributed by atoms with Gasteiger partial charge >= 0.3 is 5.97 Å². The third-order valence-electron chi connectivity index (χ3n) is 4.76. The van der Waals surface area contributed by atoms with E-state index < -0.39 is 16.0 Å². The van der Waals surface area contributed by atoms with Crippen LogP contribution in [0, 0.1) is 5.92 Å². The maximum absolute atomic E-state index is 12.7. The van der Waals surface area contributed by atoms with Crippen molar-refractivity contribution in [1.82, 2.24) is 9.21 Å². The van der Waals surface area contributed by atoms with Crippen molar-refractivity contribution in [2.24, 2.45) is 5.92 Å². The van der Waals surface area contributed by atoms with Crippen molar-refractivity contribution in [2.75, 3.05) is 33.8 Å². The molecular formula is C18H26N2O6S. The predicted molar refractivity (Wildman–Crippen MR) is 99.0 cm³/mol. The minimum absolute atomic E-state index is 0.0240. The number of benzene rings is 1. The molecular weight excluding hydrogens is 372 g/mol. The SMILES string of the molecule is COc1ccc(S(=O)(=O)N2CCC(C(=O)N(C)CCCC(=O)O)CC2)cc1. The van der Waals surface area contributed by atoms with Crippen LogP contribution in [0.25, 0.3) is 0 Å². The second kappa shape index (κ2) is 9.18. The number of carboxylic acids is 1. The molecule has 0 aromatic heterocycles. The van der Waals surface area contributed by atoms with Crippen LogP contribution in [-0.4, -0.2) is 68.4 Å². The molecule has 9 heteroatoms. The van der Waals surface area contributed by atoms with E-state index in [1.165, 1.54) is 23.5 Å². The molecule has 0 aliphatic carbocycles. The normalized spacial score (nSPS) is 16.1. The molecule has 0 spiro atoms. The molecule has 0 radical (unpaired) electrons. The summed E-state index contributed by atoms with van der Waals surface area (Å²) in [4.78, 5) is 24.8. The first kappa shape index (κ1) is 21.2. The number of aliphatic carboxylic acids is 1. The lowest BCUT2D eigenvalue weighted by atomic mass is 9.96. The van der Waals surface area contributed by atoms with Crippen LogP contribution in [0.5, 0.6) is 5.75 Å². The third kappa shape index (κ3) is 5.43. The predicted octanol–water partition coefficient (Wildman–Crippen LogP) is 1.42. The van der Waals surface area contributed by atoms with Crippen LogP contribution < -0.4 is 4.74 Å². The number of amides is 1. The van der Waals surface area contributed by atoms with Gasteiger partial charge in [-0.05, 0) is 43.5 Å². The van der Waals surface area contributed by atoms with E-state index in [1.54, 1.807) is 24.1 Å². The Kier molecular flexibility index (Phi) is 7.20. The molecule has 0 unspecified atom stereocenters. The van der Waals surface area contributed by atoms with Gasteiger partial charge in [-0.1, -0.05) is 0 Å². The standard InChI is InChI=1S/C18H26N2O6S/c1-19(11-3-4-17(21)22)18(23)14-9-12-20(13-10-14)27(24,25)16-7-5-15(26-2)6-8-16/h5-8,14H,3-4,9-13H2,1-2H3,(H,21,22). The minimum atomic E-state index is -3.59. The number of piperidine rings is 1. The van der Waals surface area contributed by atoms with Crippen LogP contribution in [0.3, 0.4) is 0 Å². The molecule has 1 aromatic carbocycles. The summed E-state index contributed by atoms with van der Waals surface area (Å²) >= 11 is 0. The van der Waals surface area contributed by atoms with E-state index in [0.29, 0.717) is 31.6 Å². The Morgan fingerprint density at radius 1 is 1.22 bits per heavy atom. The number of carboxylic acid groups (broad SMARTS) is 1. The molecule has 8 nitrogen and oxygen atoms in total. The smallest absolute Gasteiger partial charge is 0.303 e. The Hall–Kier alpha value is -2.13. The fourth-order valence-electron chi connectivity index (χ4n) is 3.13. The number of hydrogen-bond acceptors (Lipinski definition) is 5. The molecule has 1 fully saturated rings. The van der Waals surface area contributed by atoms with Crippen molar-refractivity contribution in [3.63, 3.8) is 0 Å². The van der Waals surface area contributed by atoms with Crippen molar-refractivity contribution < 1.29 is 27.9 Å². The first-order chi connectivity index (χ1) is 12.8. The molecule has 1 N–H and O–H groups in total. The van der Waals surface area contributed by atoms with Gasteiger partial charge < -0.3 is 14.7 Å². The number of ether oxygens (including phenoxy) is 1. The zero-order valence-electron chi connectivity index (χ0n) is 15.6. The topological polar surface area (TPSA) is 104 Å². The van der Waals surface area contributed by atoms with E-state index in [4.69, 9.17) is 9.84 Å². The van der Waals surface area contributed by atoms with Gasteiger partial charge in [0.05, 0.1) is 12.0 Å². The zero-order chi connectivity index (χ0) is 20.0. The van der Waals surface area contributed by atoms with Crippen molar-refractivity contribution in [2.45, 2.75) is 30.6 Å². The maximum atomic E-state index is 12.7. The summed E-state index contributed by atoms with van der Waals surface area (Å²) in [7, 11) is -0.417. The summed E-state index contributed by atoms with van der Waals surface area (Å²) in [6, 6.07) is 6.24. The molecule has 1 aliphatic heterocycles. The lowest BCUT2D eigenvalue weighted by molar-refractivity contribution is -0.139. The van der Waals surface area contributed by atoms with Crippen molar-refractivity contribution in [3.8, 4) is 5.75 Å². The van der Waals surface area contributed by atoms with Gasteiger partial charge in [0.1, 0.15) is 5.75 Å². The van der Waals surface area contributed by atoms with Crippen LogP contribution in [0.15, 0.2) is 29.2 Å². The van der Waals surface area contributed by atoms with Gasteiger partial charge in [-0.15, -0.1) is 0 Å². The lowest BCUT2D eigenvalue weighted by Crippen LogP contribution is -2.43. The number of methoxy groups -OCH3 is 1. The van der Waals surface area contributed by atoms with Crippen molar-refractivity contribution in [1.29, 1.82) is 0 Å².